The van der Waals surface area contributed by atoms with Crippen molar-refractivity contribution in [1.82, 2.24) is 9.78 Å². The van der Waals surface area contributed by atoms with E-state index in [-0.39, 0.29) is 18.2 Å². The van der Waals surface area contributed by atoms with Gasteiger partial charge in [-0.05, 0) is 5.56 Å². The van der Waals surface area contributed by atoms with Gasteiger partial charge in [-0.1, -0.05) is 24.3 Å². The summed E-state index contributed by atoms with van der Waals surface area (Å²) in [6.45, 7) is 1.08. The van der Waals surface area contributed by atoms with Crippen molar-refractivity contribution in [2.45, 2.75) is 13.2 Å². The van der Waals surface area contributed by atoms with E-state index in [9.17, 15) is 0 Å². The standard InChI is InChI=1S/C13H16N4O.ClH/c1-17-7-11(6-16-17)9-18-8-10-2-4-12(5-3-10)13(14)15;/h2-7H,8-9H2,1H3,(H3,14,15);1H. The molecular weight excluding hydrogens is 264 g/mol. The number of aromatic nitrogens is 2. The molecule has 2 rings (SSSR count). The van der Waals surface area contributed by atoms with Crippen LogP contribution in [0.25, 0.3) is 0 Å². The van der Waals surface area contributed by atoms with Crippen molar-refractivity contribution in [3.63, 3.8) is 0 Å². The average molecular weight is 281 g/mol. The van der Waals surface area contributed by atoms with Gasteiger partial charge in [0.25, 0.3) is 0 Å². The second-order valence-electron chi connectivity index (χ2n) is 4.13. The lowest BCUT2D eigenvalue weighted by molar-refractivity contribution is 0.107. The van der Waals surface area contributed by atoms with Gasteiger partial charge in [-0.2, -0.15) is 5.10 Å². The molecule has 0 spiro atoms. The van der Waals surface area contributed by atoms with Crippen molar-refractivity contribution < 1.29 is 4.74 Å². The summed E-state index contributed by atoms with van der Waals surface area (Å²) < 4.78 is 7.33. The summed E-state index contributed by atoms with van der Waals surface area (Å²) >= 11 is 0. The zero-order valence-corrected chi connectivity index (χ0v) is 11.5. The number of nitrogens with one attached hydrogen (secondary N) is 1. The van der Waals surface area contributed by atoms with E-state index in [0.29, 0.717) is 13.2 Å². The summed E-state index contributed by atoms with van der Waals surface area (Å²) in [4.78, 5) is 0. The van der Waals surface area contributed by atoms with Crippen molar-refractivity contribution >= 4 is 18.2 Å². The van der Waals surface area contributed by atoms with Gasteiger partial charge >= 0.3 is 0 Å². The van der Waals surface area contributed by atoms with Gasteiger partial charge in [-0.3, -0.25) is 10.1 Å². The minimum atomic E-state index is 0. The predicted octanol–water partition coefficient (Wildman–Crippen LogP) is 1.84. The van der Waals surface area contributed by atoms with Crippen LogP contribution >= 0.6 is 12.4 Å². The van der Waals surface area contributed by atoms with Gasteiger partial charge in [0.1, 0.15) is 5.84 Å². The molecule has 1 aromatic heterocycles. The SMILES string of the molecule is Cl.Cn1cc(COCc2ccc(C(=N)N)cc2)cn1. The number of halogens is 1. The number of aryl methyl sites for hydroxylation is 1. The number of hydrogen-bond donors (Lipinski definition) is 2. The maximum absolute atomic E-state index is 7.30. The van der Waals surface area contributed by atoms with Crippen LogP contribution in [0.4, 0.5) is 0 Å². The minimum absolute atomic E-state index is 0. The van der Waals surface area contributed by atoms with E-state index in [2.05, 4.69) is 5.10 Å². The highest BCUT2D eigenvalue weighted by atomic mass is 35.5. The average Bonchev–Trinajstić information content (AvgIpc) is 2.76. The first-order chi connectivity index (χ1) is 8.65. The molecule has 0 bridgehead atoms. The van der Waals surface area contributed by atoms with Crippen molar-refractivity contribution in [2.75, 3.05) is 0 Å². The van der Waals surface area contributed by atoms with Crippen molar-refractivity contribution in [3.8, 4) is 0 Å². The third-order valence-corrected chi connectivity index (χ3v) is 2.56. The first kappa shape index (κ1) is 15.2. The van der Waals surface area contributed by atoms with Crippen LogP contribution in [0, 0.1) is 5.41 Å². The molecule has 5 nitrogen and oxygen atoms in total. The van der Waals surface area contributed by atoms with Crippen molar-refractivity contribution in [1.29, 1.82) is 5.41 Å². The topological polar surface area (TPSA) is 76.9 Å². The molecule has 102 valence electrons. The number of ether oxygens (including phenoxy) is 1. The zero-order valence-electron chi connectivity index (χ0n) is 10.7. The lowest BCUT2D eigenvalue weighted by Gasteiger charge is -2.04. The molecule has 19 heavy (non-hydrogen) atoms. The minimum Gasteiger partial charge on any atom is -0.384 e. The van der Waals surface area contributed by atoms with Crippen LogP contribution in [0.1, 0.15) is 16.7 Å². The Labute approximate surface area is 118 Å². The van der Waals surface area contributed by atoms with Crippen LogP contribution in [-0.2, 0) is 25.0 Å². The highest BCUT2D eigenvalue weighted by molar-refractivity contribution is 5.94. The summed E-state index contributed by atoms with van der Waals surface area (Å²) in [5, 5.41) is 11.4. The largest absolute Gasteiger partial charge is 0.384 e. The zero-order chi connectivity index (χ0) is 13.0. The number of nitrogens with zero attached hydrogens (tertiary/aromatic N) is 2. The number of benzene rings is 1. The molecule has 0 saturated heterocycles. The summed E-state index contributed by atoms with van der Waals surface area (Å²) in [5.74, 6) is 0.0813. The van der Waals surface area contributed by atoms with Crippen molar-refractivity contribution in [3.05, 3.63) is 53.3 Å². The second-order valence-corrected chi connectivity index (χ2v) is 4.13. The summed E-state index contributed by atoms with van der Waals surface area (Å²) in [5.41, 5.74) is 8.23. The van der Waals surface area contributed by atoms with Crippen LogP contribution in [0.5, 0.6) is 0 Å². The fourth-order valence-electron chi connectivity index (χ4n) is 1.61. The van der Waals surface area contributed by atoms with Crippen LogP contribution in [0.2, 0.25) is 0 Å². The molecule has 2 aromatic rings. The number of amidine groups is 1. The van der Waals surface area contributed by atoms with Crippen LogP contribution in [0.3, 0.4) is 0 Å². The van der Waals surface area contributed by atoms with E-state index in [1.54, 1.807) is 10.9 Å². The highest BCUT2D eigenvalue weighted by Crippen LogP contribution is 2.07. The molecule has 0 amide bonds. The quantitative estimate of drug-likeness (QED) is 0.648. The van der Waals surface area contributed by atoms with Crippen LogP contribution in [-0.4, -0.2) is 15.6 Å². The van der Waals surface area contributed by atoms with Crippen LogP contribution in [0.15, 0.2) is 36.7 Å². The maximum Gasteiger partial charge on any atom is 0.122 e. The molecule has 0 unspecified atom stereocenters. The fourth-order valence-corrected chi connectivity index (χ4v) is 1.61. The number of rotatable bonds is 5. The Bertz CT molecular complexity index is 536. The van der Waals surface area contributed by atoms with E-state index in [1.165, 1.54) is 0 Å². The Balaban J connectivity index is 0.00000180. The summed E-state index contributed by atoms with van der Waals surface area (Å²) in [6, 6.07) is 7.48. The van der Waals surface area contributed by atoms with Crippen molar-refractivity contribution in [2.24, 2.45) is 12.8 Å². The first-order valence-corrected chi connectivity index (χ1v) is 5.64. The van der Waals surface area contributed by atoms with Gasteiger partial charge in [-0.25, -0.2) is 0 Å². The number of nitrogen functional groups attached to an aromatic ring is 1. The van der Waals surface area contributed by atoms with Gasteiger partial charge in [0.05, 0.1) is 19.4 Å². The van der Waals surface area contributed by atoms with E-state index in [1.807, 2.05) is 37.5 Å². The lowest BCUT2D eigenvalue weighted by Crippen LogP contribution is -2.10. The van der Waals surface area contributed by atoms with E-state index in [0.717, 1.165) is 16.7 Å². The van der Waals surface area contributed by atoms with Gasteiger partial charge in [0.15, 0.2) is 0 Å². The van der Waals surface area contributed by atoms with E-state index < -0.39 is 0 Å². The summed E-state index contributed by atoms with van der Waals surface area (Å²) in [7, 11) is 1.88. The molecule has 0 aliphatic rings. The molecule has 1 heterocycles. The summed E-state index contributed by atoms with van der Waals surface area (Å²) in [6.07, 6.45) is 3.72. The number of nitrogens with two attached hydrogens (primary N) is 1. The molecule has 3 N–H and O–H groups in total. The third kappa shape index (κ3) is 4.39. The molecule has 0 atom stereocenters. The van der Waals surface area contributed by atoms with Crippen LogP contribution < -0.4 is 5.73 Å². The first-order valence-electron chi connectivity index (χ1n) is 5.64. The van der Waals surface area contributed by atoms with Gasteiger partial charge < -0.3 is 10.5 Å². The Kier molecular flexibility index (Phi) is 5.54. The monoisotopic (exact) mass is 280 g/mol. The molecule has 6 heteroatoms. The Hall–Kier alpha value is -1.85. The Morgan fingerprint density at radius 3 is 2.42 bits per heavy atom. The second kappa shape index (κ2) is 6.92. The number of hydrogen-bond acceptors (Lipinski definition) is 3. The normalized spacial score (nSPS) is 9.95. The molecule has 0 fully saturated rings. The van der Waals surface area contributed by atoms with E-state index >= 15 is 0 Å². The highest BCUT2D eigenvalue weighted by Gasteiger charge is 1.99. The van der Waals surface area contributed by atoms with Gasteiger partial charge in [0.2, 0.25) is 0 Å². The maximum atomic E-state index is 7.30. The lowest BCUT2D eigenvalue weighted by atomic mass is 10.1. The molecule has 0 saturated carbocycles. The predicted molar refractivity (Wildman–Crippen MR) is 76.4 cm³/mol. The third-order valence-electron chi connectivity index (χ3n) is 2.56. The Morgan fingerprint density at radius 1 is 1.26 bits per heavy atom. The van der Waals surface area contributed by atoms with Gasteiger partial charge in [0, 0.05) is 24.4 Å². The molecular formula is C13H17ClN4O. The molecule has 0 aliphatic heterocycles. The molecule has 0 radical (unpaired) electrons. The smallest absolute Gasteiger partial charge is 0.122 e. The fraction of sp³-hybridized carbons (Fsp3) is 0.231. The molecule has 1 aromatic carbocycles. The van der Waals surface area contributed by atoms with E-state index in [4.69, 9.17) is 15.9 Å². The molecule has 0 aliphatic carbocycles. The Morgan fingerprint density at radius 2 is 1.89 bits per heavy atom. The van der Waals surface area contributed by atoms with Gasteiger partial charge in [-0.15, -0.1) is 12.4 Å².